The summed E-state index contributed by atoms with van der Waals surface area (Å²) in [6.45, 7) is 2.08. The van der Waals surface area contributed by atoms with E-state index in [4.69, 9.17) is 4.74 Å². The third-order valence-corrected chi connectivity index (χ3v) is 6.57. The van der Waals surface area contributed by atoms with Crippen LogP contribution in [0.25, 0.3) is 21.3 Å². The second-order valence-corrected chi connectivity index (χ2v) is 8.88. The fraction of sp³-hybridized carbons (Fsp3) is 0.240. The summed E-state index contributed by atoms with van der Waals surface area (Å²) < 4.78 is 7.15. The van der Waals surface area contributed by atoms with Gasteiger partial charge in [0.2, 0.25) is 0 Å². The molecule has 6 nitrogen and oxygen atoms in total. The van der Waals surface area contributed by atoms with Crippen molar-refractivity contribution in [1.82, 2.24) is 20.6 Å². The first-order chi connectivity index (χ1) is 15.8. The molecule has 2 N–H and O–H groups in total. The van der Waals surface area contributed by atoms with Gasteiger partial charge in [0.15, 0.2) is 5.01 Å². The number of carbonyl (C=O) groups excluding carboxylic acids is 1. The Morgan fingerprint density at radius 2 is 1.97 bits per heavy atom. The first-order valence-corrected chi connectivity index (χ1v) is 11.6. The second kappa shape index (κ2) is 9.46. The van der Waals surface area contributed by atoms with Crippen LogP contribution in [0, 0.1) is 0 Å². The van der Waals surface area contributed by atoms with Crippen LogP contribution in [0.4, 0.5) is 0 Å². The lowest BCUT2D eigenvalue weighted by molar-refractivity contribution is 0.0950. The molecule has 1 amide bonds. The van der Waals surface area contributed by atoms with E-state index in [0.29, 0.717) is 30.0 Å². The van der Waals surface area contributed by atoms with Crippen LogP contribution in [-0.4, -0.2) is 35.1 Å². The molecule has 32 heavy (non-hydrogen) atoms. The highest BCUT2D eigenvalue weighted by Gasteiger charge is 2.19. The number of carbonyl (C=O) groups is 1. The Bertz CT molecular complexity index is 1200. The fourth-order valence-corrected chi connectivity index (χ4v) is 4.80. The maximum absolute atomic E-state index is 12.8. The van der Waals surface area contributed by atoms with Crippen LogP contribution in [0.1, 0.15) is 28.2 Å². The van der Waals surface area contributed by atoms with Crippen LogP contribution in [0.3, 0.4) is 0 Å². The average Bonchev–Trinajstić information content (AvgIpc) is 3.52. The normalized spacial score (nSPS) is 15.7. The zero-order chi connectivity index (χ0) is 21.8. The fourth-order valence-electron chi connectivity index (χ4n) is 3.86. The Hall–Kier alpha value is -3.29. The molecule has 1 aliphatic heterocycles. The SMILES string of the molecule is O=C(NCc1ccccc1)c1nc2c(OCC3CCCN3)cc(-c3ccncc3)cc2s1. The number of thiazole rings is 1. The van der Waals surface area contributed by atoms with E-state index < -0.39 is 0 Å². The Morgan fingerprint density at radius 3 is 2.75 bits per heavy atom. The van der Waals surface area contributed by atoms with Crippen molar-refractivity contribution in [3.63, 3.8) is 0 Å². The zero-order valence-corrected chi connectivity index (χ0v) is 18.4. The van der Waals surface area contributed by atoms with Crippen LogP contribution in [0.5, 0.6) is 5.75 Å². The molecule has 1 fully saturated rings. The van der Waals surface area contributed by atoms with Gasteiger partial charge in [-0.1, -0.05) is 30.3 Å². The number of rotatable bonds is 7. The summed E-state index contributed by atoms with van der Waals surface area (Å²) in [4.78, 5) is 21.6. The maximum Gasteiger partial charge on any atom is 0.280 e. The molecule has 1 saturated heterocycles. The lowest BCUT2D eigenvalue weighted by atomic mass is 10.1. The standard InChI is InChI=1S/C25H24N4O2S/c30-24(28-15-17-5-2-1-3-6-17)25-29-23-21(31-16-20-7-4-10-27-20)13-19(14-22(23)32-25)18-8-11-26-12-9-18/h1-3,5-6,8-9,11-14,20,27H,4,7,10,15-16H2,(H,28,30). The Morgan fingerprint density at radius 1 is 1.12 bits per heavy atom. The molecule has 3 heterocycles. The van der Waals surface area contributed by atoms with Gasteiger partial charge < -0.3 is 15.4 Å². The summed E-state index contributed by atoms with van der Waals surface area (Å²) >= 11 is 1.39. The number of ether oxygens (including phenoxy) is 1. The second-order valence-electron chi connectivity index (χ2n) is 7.85. The van der Waals surface area contributed by atoms with Crippen LogP contribution in [0.2, 0.25) is 0 Å². The number of aromatic nitrogens is 2. The van der Waals surface area contributed by atoms with Gasteiger partial charge in [0.25, 0.3) is 5.91 Å². The number of benzene rings is 2. The molecule has 0 bridgehead atoms. The van der Waals surface area contributed by atoms with Crippen molar-refractivity contribution in [1.29, 1.82) is 0 Å². The molecule has 2 aromatic carbocycles. The number of hydrogen-bond donors (Lipinski definition) is 2. The van der Waals surface area contributed by atoms with Crippen molar-refractivity contribution in [2.24, 2.45) is 0 Å². The van der Waals surface area contributed by atoms with E-state index in [-0.39, 0.29) is 5.91 Å². The minimum absolute atomic E-state index is 0.177. The smallest absolute Gasteiger partial charge is 0.280 e. The monoisotopic (exact) mass is 444 g/mol. The van der Waals surface area contributed by atoms with Gasteiger partial charge in [0, 0.05) is 25.0 Å². The highest BCUT2D eigenvalue weighted by Crippen LogP contribution is 2.35. The Labute approximate surface area is 190 Å². The van der Waals surface area contributed by atoms with Crippen molar-refractivity contribution >= 4 is 27.5 Å². The first kappa shape index (κ1) is 20.6. The van der Waals surface area contributed by atoms with E-state index in [1.807, 2.05) is 48.5 Å². The molecule has 162 valence electrons. The average molecular weight is 445 g/mol. The van der Waals surface area contributed by atoms with Crippen molar-refractivity contribution in [3.8, 4) is 16.9 Å². The molecule has 2 aromatic heterocycles. The van der Waals surface area contributed by atoms with Gasteiger partial charge in [-0.2, -0.15) is 0 Å². The Kier molecular flexibility index (Phi) is 6.09. The molecular weight excluding hydrogens is 420 g/mol. The molecule has 0 saturated carbocycles. The number of pyridine rings is 1. The lowest BCUT2D eigenvalue weighted by Crippen LogP contribution is -2.28. The van der Waals surface area contributed by atoms with Crippen LogP contribution in [-0.2, 0) is 6.54 Å². The van der Waals surface area contributed by atoms with Gasteiger partial charge in [0.05, 0.1) is 4.70 Å². The van der Waals surface area contributed by atoms with Gasteiger partial charge in [0.1, 0.15) is 17.9 Å². The molecule has 1 aliphatic rings. The van der Waals surface area contributed by atoms with E-state index >= 15 is 0 Å². The lowest BCUT2D eigenvalue weighted by Gasteiger charge is -2.13. The summed E-state index contributed by atoms with van der Waals surface area (Å²) in [7, 11) is 0. The van der Waals surface area contributed by atoms with Crippen LogP contribution < -0.4 is 15.4 Å². The zero-order valence-electron chi connectivity index (χ0n) is 17.6. The van der Waals surface area contributed by atoms with Crippen molar-refractivity contribution < 1.29 is 9.53 Å². The van der Waals surface area contributed by atoms with Gasteiger partial charge in [-0.15, -0.1) is 11.3 Å². The number of amides is 1. The molecule has 7 heteroatoms. The first-order valence-electron chi connectivity index (χ1n) is 10.8. The minimum atomic E-state index is -0.177. The molecular formula is C25H24N4O2S. The number of hydrogen-bond acceptors (Lipinski definition) is 6. The van der Waals surface area contributed by atoms with Gasteiger partial charge in [-0.3, -0.25) is 9.78 Å². The van der Waals surface area contributed by atoms with Gasteiger partial charge >= 0.3 is 0 Å². The topological polar surface area (TPSA) is 76.1 Å². The molecule has 5 rings (SSSR count). The summed E-state index contributed by atoms with van der Waals surface area (Å²) in [5, 5.41) is 6.87. The summed E-state index contributed by atoms with van der Waals surface area (Å²) in [6, 6.07) is 18.2. The number of fused-ring (bicyclic) bond motifs is 1. The molecule has 1 atom stereocenters. The molecule has 1 unspecified atom stereocenters. The quantitative estimate of drug-likeness (QED) is 0.441. The largest absolute Gasteiger partial charge is 0.490 e. The van der Waals surface area contributed by atoms with Crippen molar-refractivity contribution in [2.45, 2.75) is 25.4 Å². The van der Waals surface area contributed by atoms with Crippen LogP contribution in [0.15, 0.2) is 67.0 Å². The van der Waals surface area contributed by atoms with Crippen LogP contribution >= 0.6 is 11.3 Å². The van der Waals surface area contributed by atoms with Gasteiger partial charge in [-0.05, 0) is 60.3 Å². The molecule has 4 aromatic rings. The number of nitrogens with zero attached hydrogens (tertiary/aromatic N) is 2. The summed E-state index contributed by atoms with van der Waals surface area (Å²) in [6.07, 6.45) is 5.83. The predicted molar refractivity (Wildman–Crippen MR) is 127 cm³/mol. The molecule has 0 radical (unpaired) electrons. The summed E-state index contributed by atoms with van der Waals surface area (Å²) in [5.74, 6) is 0.533. The Balaban J connectivity index is 1.43. The highest BCUT2D eigenvalue weighted by atomic mass is 32.1. The third kappa shape index (κ3) is 4.64. The molecule has 0 aliphatic carbocycles. The van der Waals surface area contributed by atoms with E-state index in [9.17, 15) is 4.79 Å². The minimum Gasteiger partial charge on any atom is -0.490 e. The highest BCUT2D eigenvalue weighted by molar-refractivity contribution is 7.20. The third-order valence-electron chi connectivity index (χ3n) is 5.57. The summed E-state index contributed by atoms with van der Waals surface area (Å²) in [5.41, 5.74) is 3.86. The number of nitrogens with one attached hydrogen (secondary N) is 2. The van der Waals surface area contributed by atoms with Gasteiger partial charge in [-0.25, -0.2) is 4.98 Å². The van der Waals surface area contributed by atoms with E-state index in [1.165, 1.54) is 17.8 Å². The van der Waals surface area contributed by atoms with Crippen molar-refractivity contribution in [3.05, 3.63) is 77.6 Å². The predicted octanol–water partition coefficient (Wildman–Crippen LogP) is 4.42. The maximum atomic E-state index is 12.8. The van der Waals surface area contributed by atoms with E-state index in [2.05, 4.69) is 26.7 Å². The van der Waals surface area contributed by atoms with E-state index in [0.717, 1.165) is 39.9 Å². The van der Waals surface area contributed by atoms with Crippen molar-refractivity contribution in [2.75, 3.05) is 13.2 Å². The molecule has 0 spiro atoms. The van der Waals surface area contributed by atoms with E-state index in [1.54, 1.807) is 12.4 Å².